The van der Waals surface area contributed by atoms with E-state index in [1.165, 1.54) is 3.07 Å². The number of rotatable bonds is 0. The second-order valence-electron chi connectivity index (χ2n) is 3.37. The Morgan fingerprint density at radius 2 is 0.789 bits per heavy atom. The minimum absolute atomic E-state index is 0.109. The Morgan fingerprint density at radius 1 is 0.526 bits per heavy atom. The Bertz CT molecular complexity index is 465. The molecule has 0 aliphatic rings. The normalized spacial score (nSPS) is 9.89. The van der Waals surface area contributed by atoms with Crippen molar-refractivity contribution in [1.82, 2.24) is 0 Å². The summed E-state index contributed by atoms with van der Waals surface area (Å²) in [7, 11) is 0. The van der Waals surface area contributed by atoms with Crippen LogP contribution in [0.2, 0.25) is 30.1 Å². The topological polar surface area (TPSA) is 0 Å². The van der Waals surface area contributed by atoms with Gasteiger partial charge in [0.2, 0.25) is 0 Å². The Balaban J connectivity index is 0.000000218. The van der Waals surface area contributed by atoms with Crippen LogP contribution in [0.1, 0.15) is 0 Å². The van der Waals surface area contributed by atoms with E-state index in [1.807, 2.05) is 0 Å². The van der Waals surface area contributed by atoms with Gasteiger partial charge in [0, 0.05) is 0 Å². The fraction of sp³-hybridized carbons (Fsp3) is 0. The Kier molecular flexibility index (Phi) is 8.16. The second-order valence-corrected chi connectivity index (χ2v) is 8.81. The van der Waals surface area contributed by atoms with Crippen molar-refractivity contribution in [3.8, 4) is 0 Å². The summed E-state index contributed by atoms with van der Waals surface area (Å²) in [6.45, 7) is 0. The first-order valence-corrected chi connectivity index (χ1v) is 9.91. The third-order valence-corrected chi connectivity index (χ3v) is 6.68. The van der Waals surface area contributed by atoms with Gasteiger partial charge in [0.05, 0.1) is 30.1 Å². The summed E-state index contributed by atoms with van der Waals surface area (Å²) in [4.78, 5) is 0. The molecule has 0 aliphatic carbocycles. The predicted octanol–water partition coefficient (Wildman–Crippen LogP) is 6.47. The van der Waals surface area contributed by atoms with Crippen LogP contribution >= 0.6 is 69.6 Å². The fourth-order valence-electron chi connectivity index (χ4n) is 1.06. The van der Waals surface area contributed by atoms with Gasteiger partial charge in [-0.3, -0.25) is 0 Å². The maximum absolute atomic E-state index is 5.67. The molecule has 0 heterocycles. The van der Waals surface area contributed by atoms with E-state index in [1.54, 1.807) is 0 Å². The van der Waals surface area contributed by atoms with Gasteiger partial charge < -0.3 is 0 Å². The van der Waals surface area contributed by atoms with Crippen molar-refractivity contribution in [2.45, 2.75) is 0 Å². The van der Waals surface area contributed by atoms with Gasteiger partial charge in [0.1, 0.15) is 0 Å². The van der Waals surface area contributed by atoms with E-state index in [2.05, 4.69) is 30.3 Å². The van der Waals surface area contributed by atoms with Gasteiger partial charge in [-0.2, -0.15) is 0 Å². The number of hydrogen-bond donors (Lipinski definition) is 0. The molecule has 0 radical (unpaired) electrons. The van der Waals surface area contributed by atoms with Crippen molar-refractivity contribution in [2.75, 3.05) is 0 Å². The van der Waals surface area contributed by atoms with Crippen molar-refractivity contribution >= 4 is 72.7 Å². The molecule has 19 heavy (non-hydrogen) atoms. The van der Waals surface area contributed by atoms with E-state index < -0.39 is 0 Å². The molecule has 0 aliphatic heterocycles. The van der Waals surface area contributed by atoms with Gasteiger partial charge in [-0.1, -0.05) is 69.6 Å². The zero-order chi connectivity index (χ0) is 14.6. The standard InChI is InChI=1S/C6Cl6.C6H5.Hg/c7-1-2(8)4(10)6(12)5(11)3(1)9;1-2-4-6-5-3-1;/h;1-5H;. The molecular weight excluding hydrogens is 557 g/mol. The first-order valence-electron chi connectivity index (χ1n) is 4.90. The third-order valence-electron chi connectivity index (χ3n) is 2.00. The van der Waals surface area contributed by atoms with Crippen LogP contribution in [-0.4, -0.2) is 0 Å². The van der Waals surface area contributed by atoms with Crippen LogP contribution in [0.3, 0.4) is 0 Å². The van der Waals surface area contributed by atoms with Gasteiger partial charge in [-0.05, 0) is 0 Å². The molecule has 0 saturated heterocycles. The molecule has 2 aromatic rings. The van der Waals surface area contributed by atoms with Gasteiger partial charge >= 0.3 is 59.5 Å². The molecule has 0 bridgehead atoms. The van der Waals surface area contributed by atoms with Crippen molar-refractivity contribution in [1.29, 1.82) is 0 Å². The monoisotopic (exact) mass is 561 g/mol. The zero-order valence-corrected chi connectivity index (χ0v) is 19.4. The Hall–Kier alpha value is 1.12. The SMILES string of the molecule is Clc1c(Cl)c(Cl)c(Cl)c(Cl)c1Cl.[Hg][c]1ccccc1. The van der Waals surface area contributed by atoms with Crippen LogP contribution in [0.25, 0.3) is 0 Å². The van der Waals surface area contributed by atoms with Crippen LogP contribution in [0.4, 0.5) is 0 Å². The predicted molar refractivity (Wildman–Crippen MR) is 82.6 cm³/mol. The third kappa shape index (κ3) is 5.11. The molecule has 0 amide bonds. The molecule has 7 heteroatoms. The Morgan fingerprint density at radius 3 is 0.947 bits per heavy atom. The molecule has 0 atom stereocenters. The van der Waals surface area contributed by atoms with E-state index >= 15 is 0 Å². The van der Waals surface area contributed by atoms with E-state index in [9.17, 15) is 0 Å². The van der Waals surface area contributed by atoms with E-state index in [0.717, 1.165) is 26.1 Å². The quantitative estimate of drug-likeness (QED) is 0.196. The van der Waals surface area contributed by atoms with Gasteiger partial charge in [-0.15, -0.1) is 0 Å². The maximum atomic E-state index is 5.67. The summed E-state index contributed by atoms with van der Waals surface area (Å²) in [5.41, 5.74) is 0. The van der Waals surface area contributed by atoms with Crippen LogP contribution in [0.15, 0.2) is 30.3 Å². The van der Waals surface area contributed by atoms with Crippen molar-refractivity contribution < 1.29 is 26.1 Å². The summed E-state index contributed by atoms with van der Waals surface area (Å²) in [5, 5.41) is 0.654. The summed E-state index contributed by atoms with van der Waals surface area (Å²) < 4.78 is 1.52. The molecular formula is C12H5Cl6Hg. The van der Waals surface area contributed by atoms with Crippen LogP contribution in [0, 0.1) is 0 Å². The average Bonchev–Trinajstić information content (AvgIpc) is 2.42. The number of hydrogen-bond acceptors (Lipinski definition) is 0. The molecule has 2 aromatic carbocycles. The molecule has 0 aromatic heterocycles. The van der Waals surface area contributed by atoms with Crippen molar-refractivity contribution in [2.24, 2.45) is 0 Å². The average molecular weight is 562 g/mol. The summed E-state index contributed by atoms with van der Waals surface area (Å²) in [5.74, 6) is 0. The second kappa shape index (κ2) is 8.53. The summed E-state index contributed by atoms with van der Waals surface area (Å²) in [6.07, 6.45) is 0. The van der Waals surface area contributed by atoms with Gasteiger partial charge in [0.15, 0.2) is 0 Å². The molecule has 0 fully saturated rings. The van der Waals surface area contributed by atoms with E-state index in [0.29, 0.717) is 0 Å². The first kappa shape index (κ1) is 18.2. The molecule has 0 N–H and O–H groups in total. The molecule has 97 valence electrons. The van der Waals surface area contributed by atoms with Crippen molar-refractivity contribution in [3.05, 3.63) is 60.5 Å². The summed E-state index contributed by atoms with van der Waals surface area (Å²) >= 11 is 34.8. The fourth-order valence-corrected chi connectivity index (χ4v) is 3.54. The van der Waals surface area contributed by atoms with E-state index in [4.69, 9.17) is 69.6 Å². The zero-order valence-electron chi connectivity index (χ0n) is 9.36. The minimum atomic E-state index is 0.109. The summed E-state index contributed by atoms with van der Waals surface area (Å²) in [6, 6.07) is 10.6. The van der Waals surface area contributed by atoms with Gasteiger partial charge in [0.25, 0.3) is 0 Å². The molecule has 0 saturated carbocycles. The molecule has 0 nitrogen and oxygen atoms in total. The Labute approximate surface area is 157 Å². The molecule has 0 spiro atoms. The number of benzene rings is 2. The molecule has 2 rings (SSSR count). The van der Waals surface area contributed by atoms with Crippen molar-refractivity contribution in [3.63, 3.8) is 0 Å². The van der Waals surface area contributed by atoms with Crippen LogP contribution in [-0.2, 0) is 26.1 Å². The van der Waals surface area contributed by atoms with E-state index in [-0.39, 0.29) is 30.1 Å². The number of halogens is 6. The molecule has 0 unspecified atom stereocenters. The first-order chi connectivity index (χ1) is 8.86. The van der Waals surface area contributed by atoms with Gasteiger partial charge in [-0.25, -0.2) is 0 Å². The van der Waals surface area contributed by atoms with Crippen LogP contribution < -0.4 is 3.07 Å². The van der Waals surface area contributed by atoms with Crippen LogP contribution in [0.5, 0.6) is 0 Å².